The van der Waals surface area contributed by atoms with Crippen LogP contribution in [0.1, 0.15) is 34.1 Å². The summed E-state index contributed by atoms with van der Waals surface area (Å²) < 4.78 is 13.3. The van der Waals surface area contributed by atoms with Crippen molar-refractivity contribution in [3.8, 4) is 0 Å². The molecule has 0 saturated heterocycles. The van der Waals surface area contributed by atoms with Crippen LogP contribution in [0.4, 0.5) is 10.1 Å². The molecule has 0 radical (unpaired) electrons. The van der Waals surface area contributed by atoms with Crippen LogP contribution in [0.15, 0.2) is 24.3 Å². The second kappa shape index (κ2) is 7.41. The van der Waals surface area contributed by atoms with Gasteiger partial charge in [0.05, 0.1) is 5.54 Å². The number of nitrogens with zero attached hydrogens (tertiary/aromatic N) is 1. The number of primary amides is 1. The van der Waals surface area contributed by atoms with Gasteiger partial charge in [-0.25, -0.2) is 4.39 Å². The zero-order chi connectivity index (χ0) is 16.0. The molecule has 0 heterocycles. The van der Waals surface area contributed by atoms with Gasteiger partial charge in [0.1, 0.15) is 5.82 Å². The van der Waals surface area contributed by atoms with Crippen LogP contribution in [0.3, 0.4) is 0 Å². The molecule has 4 nitrogen and oxygen atoms in total. The summed E-state index contributed by atoms with van der Waals surface area (Å²) in [5.41, 5.74) is 5.57. The molecule has 1 aromatic rings. The van der Waals surface area contributed by atoms with Gasteiger partial charge in [-0.15, -0.1) is 0 Å². The molecule has 0 aliphatic rings. The Balaban J connectivity index is 2.79. The molecule has 0 aromatic heterocycles. The predicted octanol–water partition coefficient (Wildman–Crippen LogP) is 2.28. The quantitative estimate of drug-likeness (QED) is 0.773. The molecule has 0 fully saturated rings. The van der Waals surface area contributed by atoms with Crippen LogP contribution in [0.5, 0.6) is 0 Å². The monoisotopic (exact) mass is 295 g/mol. The van der Waals surface area contributed by atoms with Crippen molar-refractivity contribution in [2.75, 3.05) is 18.0 Å². The molecule has 21 heavy (non-hydrogen) atoms. The smallest absolute Gasteiger partial charge is 0.237 e. The number of amides is 1. The summed E-state index contributed by atoms with van der Waals surface area (Å²) >= 11 is 0. The summed E-state index contributed by atoms with van der Waals surface area (Å²) in [5.74, 6) is -0.629. The van der Waals surface area contributed by atoms with Gasteiger partial charge >= 0.3 is 0 Å². The molecule has 0 aliphatic heterocycles. The maximum atomic E-state index is 13.3. The SMILES string of the molecule is CCN(CCC(C)(NC(C)C)C(N)=O)c1cccc(F)c1. The van der Waals surface area contributed by atoms with E-state index in [-0.39, 0.29) is 17.8 Å². The molecule has 1 rings (SSSR count). The average Bonchev–Trinajstić information content (AvgIpc) is 2.38. The van der Waals surface area contributed by atoms with Crippen LogP contribution in [0.25, 0.3) is 0 Å². The number of carbonyl (C=O) groups is 1. The molecular formula is C16H26FN3O. The average molecular weight is 295 g/mol. The number of carbonyl (C=O) groups excluding carboxylic acids is 1. The maximum Gasteiger partial charge on any atom is 0.237 e. The van der Waals surface area contributed by atoms with E-state index in [1.54, 1.807) is 6.07 Å². The van der Waals surface area contributed by atoms with Gasteiger partial charge in [0.25, 0.3) is 0 Å². The van der Waals surface area contributed by atoms with Gasteiger partial charge in [-0.1, -0.05) is 6.07 Å². The van der Waals surface area contributed by atoms with Gasteiger partial charge in [-0.2, -0.15) is 0 Å². The van der Waals surface area contributed by atoms with E-state index in [4.69, 9.17) is 5.73 Å². The lowest BCUT2D eigenvalue weighted by molar-refractivity contribution is -0.124. The highest BCUT2D eigenvalue weighted by molar-refractivity contribution is 5.84. The van der Waals surface area contributed by atoms with E-state index < -0.39 is 5.54 Å². The third-order valence-corrected chi connectivity index (χ3v) is 3.59. The largest absolute Gasteiger partial charge is 0.372 e. The number of rotatable bonds is 8. The lowest BCUT2D eigenvalue weighted by atomic mass is 9.95. The summed E-state index contributed by atoms with van der Waals surface area (Å²) in [4.78, 5) is 13.8. The minimum absolute atomic E-state index is 0.159. The second-order valence-corrected chi connectivity index (χ2v) is 5.80. The highest BCUT2D eigenvalue weighted by Gasteiger charge is 2.31. The van der Waals surface area contributed by atoms with E-state index >= 15 is 0 Å². The van der Waals surface area contributed by atoms with Crippen molar-refractivity contribution < 1.29 is 9.18 Å². The van der Waals surface area contributed by atoms with Gasteiger partial charge in [0, 0.05) is 24.8 Å². The highest BCUT2D eigenvalue weighted by Crippen LogP contribution is 2.18. The first-order valence-corrected chi connectivity index (χ1v) is 7.36. The zero-order valence-corrected chi connectivity index (χ0v) is 13.3. The normalized spacial score (nSPS) is 14.0. The summed E-state index contributed by atoms with van der Waals surface area (Å²) in [6.45, 7) is 9.13. The maximum absolute atomic E-state index is 13.3. The Labute approximate surface area is 126 Å². The third kappa shape index (κ3) is 5.01. The van der Waals surface area contributed by atoms with E-state index in [9.17, 15) is 9.18 Å². The van der Waals surface area contributed by atoms with Crippen LogP contribution < -0.4 is 16.0 Å². The van der Waals surface area contributed by atoms with Gasteiger partial charge < -0.3 is 16.0 Å². The van der Waals surface area contributed by atoms with Gasteiger partial charge in [0.2, 0.25) is 5.91 Å². The van der Waals surface area contributed by atoms with Gasteiger partial charge in [-0.3, -0.25) is 4.79 Å². The Hall–Kier alpha value is -1.62. The Morgan fingerprint density at radius 3 is 2.62 bits per heavy atom. The van der Waals surface area contributed by atoms with Gasteiger partial charge in [0.15, 0.2) is 0 Å². The molecular weight excluding hydrogens is 269 g/mol. The number of hydrogen-bond donors (Lipinski definition) is 2. The number of nitrogens with one attached hydrogen (secondary N) is 1. The van der Waals surface area contributed by atoms with Crippen molar-refractivity contribution in [1.82, 2.24) is 5.32 Å². The fourth-order valence-corrected chi connectivity index (χ4v) is 2.40. The molecule has 1 atom stereocenters. The standard InChI is InChI=1S/C16H26FN3O/c1-5-20(14-8-6-7-13(17)11-14)10-9-16(4,15(18)21)19-12(2)3/h6-8,11-12,19H,5,9-10H2,1-4H3,(H2,18,21). The topological polar surface area (TPSA) is 58.4 Å². The van der Waals surface area contributed by atoms with E-state index in [1.165, 1.54) is 12.1 Å². The van der Waals surface area contributed by atoms with Crippen molar-refractivity contribution in [3.63, 3.8) is 0 Å². The minimum atomic E-state index is -0.769. The molecule has 0 bridgehead atoms. The Bertz CT molecular complexity index is 478. The van der Waals surface area contributed by atoms with Gasteiger partial charge in [-0.05, 0) is 52.3 Å². The Morgan fingerprint density at radius 2 is 2.14 bits per heavy atom. The van der Waals surface area contributed by atoms with E-state index in [0.29, 0.717) is 13.0 Å². The number of benzene rings is 1. The molecule has 0 spiro atoms. The summed E-state index contributed by atoms with van der Waals surface area (Å²) in [6, 6.07) is 6.63. The molecule has 5 heteroatoms. The van der Waals surface area contributed by atoms with Crippen molar-refractivity contribution in [3.05, 3.63) is 30.1 Å². The Morgan fingerprint density at radius 1 is 1.48 bits per heavy atom. The summed E-state index contributed by atoms with van der Waals surface area (Å²) in [5, 5.41) is 3.22. The first-order valence-electron chi connectivity index (χ1n) is 7.36. The lowest BCUT2D eigenvalue weighted by Gasteiger charge is -2.33. The van der Waals surface area contributed by atoms with Crippen LogP contribution in [-0.2, 0) is 4.79 Å². The number of nitrogens with two attached hydrogens (primary N) is 1. The van der Waals surface area contributed by atoms with E-state index in [0.717, 1.165) is 12.2 Å². The molecule has 3 N–H and O–H groups in total. The number of anilines is 1. The summed E-state index contributed by atoms with van der Waals surface area (Å²) in [7, 11) is 0. The first-order chi connectivity index (χ1) is 9.78. The fourth-order valence-electron chi connectivity index (χ4n) is 2.40. The first kappa shape index (κ1) is 17.4. The minimum Gasteiger partial charge on any atom is -0.372 e. The third-order valence-electron chi connectivity index (χ3n) is 3.59. The molecule has 1 aromatic carbocycles. The summed E-state index contributed by atoms with van der Waals surface area (Å²) in [6.07, 6.45) is 0.560. The molecule has 1 unspecified atom stereocenters. The fraction of sp³-hybridized carbons (Fsp3) is 0.562. The van der Waals surface area contributed by atoms with Crippen molar-refractivity contribution in [1.29, 1.82) is 0 Å². The Kier molecular flexibility index (Phi) is 6.15. The van der Waals surface area contributed by atoms with Crippen LogP contribution in [-0.4, -0.2) is 30.6 Å². The lowest BCUT2D eigenvalue weighted by Crippen LogP contribution is -2.56. The van der Waals surface area contributed by atoms with Crippen LogP contribution >= 0.6 is 0 Å². The molecule has 0 saturated carbocycles. The van der Waals surface area contributed by atoms with Crippen molar-refractivity contribution >= 4 is 11.6 Å². The zero-order valence-electron chi connectivity index (χ0n) is 13.3. The number of halogens is 1. The van der Waals surface area contributed by atoms with Crippen molar-refractivity contribution in [2.24, 2.45) is 5.73 Å². The number of hydrogen-bond acceptors (Lipinski definition) is 3. The molecule has 1 amide bonds. The predicted molar refractivity (Wildman–Crippen MR) is 84.8 cm³/mol. The molecule has 0 aliphatic carbocycles. The highest BCUT2D eigenvalue weighted by atomic mass is 19.1. The van der Waals surface area contributed by atoms with Crippen LogP contribution in [0.2, 0.25) is 0 Å². The molecule has 118 valence electrons. The van der Waals surface area contributed by atoms with E-state index in [1.807, 2.05) is 38.7 Å². The second-order valence-electron chi connectivity index (χ2n) is 5.80. The van der Waals surface area contributed by atoms with Crippen molar-refractivity contribution in [2.45, 2.75) is 45.7 Å². The van der Waals surface area contributed by atoms with E-state index in [2.05, 4.69) is 5.32 Å². The van der Waals surface area contributed by atoms with Crippen LogP contribution in [0, 0.1) is 5.82 Å².